The molecule has 1 aromatic carbocycles. The first-order valence-corrected chi connectivity index (χ1v) is 10.1. The molecular formula is C23H21F2N7O. The van der Waals surface area contributed by atoms with Gasteiger partial charge in [0.25, 0.3) is 5.92 Å². The van der Waals surface area contributed by atoms with Crippen molar-refractivity contribution in [3.05, 3.63) is 78.6 Å². The van der Waals surface area contributed by atoms with E-state index in [1.165, 1.54) is 18.3 Å². The van der Waals surface area contributed by atoms with E-state index < -0.39 is 5.92 Å². The maximum Gasteiger partial charge on any atom is 0.270 e. The maximum atomic E-state index is 13.5. The number of carbonyl (C=O) groups excluding carboxylic acids is 1. The van der Waals surface area contributed by atoms with Crippen molar-refractivity contribution in [1.29, 1.82) is 0 Å². The van der Waals surface area contributed by atoms with Gasteiger partial charge in [0.2, 0.25) is 11.9 Å². The van der Waals surface area contributed by atoms with Gasteiger partial charge in [-0.05, 0) is 23.3 Å². The topological polar surface area (TPSA) is 97.6 Å². The molecule has 0 saturated heterocycles. The highest BCUT2D eigenvalue weighted by molar-refractivity contribution is 5.91. The summed E-state index contributed by atoms with van der Waals surface area (Å²) < 4.78 is 28.7. The Morgan fingerprint density at radius 2 is 1.73 bits per heavy atom. The molecule has 3 aromatic heterocycles. The van der Waals surface area contributed by atoms with Crippen molar-refractivity contribution < 1.29 is 13.6 Å². The summed E-state index contributed by atoms with van der Waals surface area (Å²) in [5.41, 5.74) is 2.27. The number of hydrogen-bond donors (Lipinski definition) is 2. The highest BCUT2D eigenvalue weighted by atomic mass is 19.3. The number of nitrogens with one attached hydrogen (secondary N) is 2. The number of benzene rings is 1. The fourth-order valence-electron chi connectivity index (χ4n) is 3.09. The third-order valence-corrected chi connectivity index (χ3v) is 4.78. The van der Waals surface area contributed by atoms with Crippen LogP contribution in [0.25, 0.3) is 11.1 Å². The van der Waals surface area contributed by atoms with E-state index in [0.29, 0.717) is 11.8 Å². The normalized spacial score (nSPS) is 11.3. The first kappa shape index (κ1) is 22.0. The minimum atomic E-state index is -3.01. The zero-order valence-electron chi connectivity index (χ0n) is 18.0. The lowest BCUT2D eigenvalue weighted by molar-refractivity contribution is -0.115. The smallest absolute Gasteiger partial charge is 0.270 e. The minimum absolute atomic E-state index is 0.0815. The molecule has 3 heterocycles. The summed E-state index contributed by atoms with van der Waals surface area (Å²) in [6, 6.07) is 9.76. The van der Waals surface area contributed by atoms with Gasteiger partial charge >= 0.3 is 0 Å². The number of hydrogen-bond acceptors (Lipinski definition) is 6. The lowest BCUT2D eigenvalue weighted by Gasteiger charge is -2.12. The highest BCUT2D eigenvalue weighted by Crippen LogP contribution is 2.27. The van der Waals surface area contributed by atoms with E-state index in [0.717, 1.165) is 23.6 Å². The lowest BCUT2D eigenvalue weighted by atomic mass is 10.1. The first-order valence-electron chi connectivity index (χ1n) is 10.1. The third-order valence-electron chi connectivity index (χ3n) is 4.78. The zero-order chi connectivity index (χ0) is 23.4. The number of pyridine rings is 1. The average molecular weight is 449 g/mol. The van der Waals surface area contributed by atoms with Gasteiger partial charge in [0.15, 0.2) is 5.82 Å². The fraction of sp³-hybridized carbons (Fsp3) is 0.174. The summed E-state index contributed by atoms with van der Waals surface area (Å²) in [6.45, 7) is 0.797. The Bertz CT molecular complexity index is 1250. The van der Waals surface area contributed by atoms with Crippen LogP contribution in [0.5, 0.6) is 0 Å². The summed E-state index contributed by atoms with van der Waals surface area (Å²) in [4.78, 5) is 29.0. The second-order valence-corrected chi connectivity index (χ2v) is 7.58. The summed E-state index contributed by atoms with van der Waals surface area (Å²) in [5.74, 6) is -2.18. The molecule has 0 spiro atoms. The number of carbonyl (C=O) groups is 1. The van der Waals surface area contributed by atoms with E-state index in [-0.39, 0.29) is 23.7 Å². The van der Waals surface area contributed by atoms with E-state index in [1.807, 2.05) is 42.1 Å². The van der Waals surface area contributed by atoms with Gasteiger partial charge in [0, 0.05) is 49.9 Å². The monoisotopic (exact) mass is 449 g/mol. The molecule has 0 saturated carbocycles. The van der Waals surface area contributed by atoms with Crippen molar-refractivity contribution in [1.82, 2.24) is 24.5 Å². The summed E-state index contributed by atoms with van der Waals surface area (Å²) in [5, 5.41) is 5.58. The SMILES string of the molecule is Cn1cnc(Nc2ncc(-c3ccc(CC(=O)Nc4cc(C(C)(F)F)ccn4)cc3)cn2)c1. The first-order chi connectivity index (χ1) is 15.8. The maximum absolute atomic E-state index is 13.5. The Morgan fingerprint density at radius 3 is 2.36 bits per heavy atom. The number of aromatic nitrogens is 5. The van der Waals surface area contributed by atoms with Crippen molar-refractivity contribution in [2.24, 2.45) is 7.05 Å². The van der Waals surface area contributed by atoms with E-state index >= 15 is 0 Å². The number of rotatable bonds is 7. The molecule has 33 heavy (non-hydrogen) atoms. The van der Waals surface area contributed by atoms with Crippen molar-refractivity contribution in [3.63, 3.8) is 0 Å². The molecule has 4 aromatic rings. The number of nitrogens with zero attached hydrogens (tertiary/aromatic N) is 5. The minimum Gasteiger partial charge on any atom is -0.338 e. The van der Waals surface area contributed by atoms with Crippen LogP contribution in [0.3, 0.4) is 0 Å². The molecule has 8 nitrogen and oxygen atoms in total. The summed E-state index contributed by atoms with van der Waals surface area (Å²) in [7, 11) is 1.87. The lowest BCUT2D eigenvalue weighted by Crippen LogP contribution is -2.16. The molecule has 4 rings (SSSR count). The number of halogens is 2. The van der Waals surface area contributed by atoms with Crippen LogP contribution in [0.1, 0.15) is 18.1 Å². The average Bonchev–Trinajstić information content (AvgIpc) is 3.19. The predicted molar refractivity (Wildman–Crippen MR) is 120 cm³/mol. The van der Waals surface area contributed by atoms with Gasteiger partial charge in [-0.1, -0.05) is 24.3 Å². The van der Waals surface area contributed by atoms with Crippen LogP contribution >= 0.6 is 0 Å². The number of anilines is 3. The molecule has 2 N–H and O–H groups in total. The number of aryl methyl sites for hydroxylation is 1. The van der Waals surface area contributed by atoms with Gasteiger partial charge < -0.3 is 15.2 Å². The van der Waals surface area contributed by atoms with Crippen molar-refractivity contribution >= 4 is 23.5 Å². The second kappa shape index (κ2) is 9.11. The molecule has 10 heteroatoms. The third kappa shape index (κ3) is 5.73. The van der Waals surface area contributed by atoms with E-state index in [4.69, 9.17) is 0 Å². The quantitative estimate of drug-likeness (QED) is 0.436. The Morgan fingerprint density at radius 1 is 1.00 bits per heavy atom. The van der Waals surface area contributed by atoms with Crippen LogP contribution in [0.15, 0.2) is 67.5 Å². The molecule has 0 atom stereocenters. The number of alkyl halides is 2. The molecular weight excluding hydrogens is 428 g/mol. The summed E-state index contributed by atoms with van der Waals surface area (Å²) >= 11 is 0. The van der Waals surface area contributed by atoms with Crippen molar-refractivity contribution in [2.45, 2.75) is 19.3 Å². The molecule has 0 bridgehead atoms. The van der Waals surface area contributed by atoms with Crippen LogP contribution in [-0.2, 0) is 24.2 Å². The van der Waals surface area contributed by atoms with Crippen molar-refractivity contribution in [3.8, 4) is 11.1 Å². The Labute approximate surface area is 188 Å². The standard InChI is InChI=1S/C23H21F2N7O/c1-23(24,25)18-7-8-26-19(10-18)30-21(33)9-15-3-5-16(6-4-15)17-11-27-22(28-12-17)31-20-13-32(2)14-29-20/h3-8,10-14H,9H2,1-2H3,(H,26,30,33)(H,27,28,31). The molecule has 0 unspecified atom stereocenters. The van der Waals surface area contributed by atoms with E-state index in [9.17, 15) is 13.6 Å². The van der Waals surface area contributed by atoms with Gasteiger partial charge in [-0.2, -0.15) is 0 Å². The van der Waals surface area contributed by atoms with Crippen LogP contribution in [-0.4, -0.2) is 30.4 Å². The molecule has 0 fully saturated rings. The molecule has 0 aliphatic carbocycles. The fourth-order valence-corrected chi connectivity index (χ4v) is 3.09. The highest BCUT2D eigenvalue weighted by Gasteiger charge is 2.24. The Hall–Kier alpha value is -4.21. The zero-order valence-corrected chi connectivity index (χ0v) is 18.0. The van der Waals surface area contributed by atoms with Gasteiger partial charge in [-0.25, -0.2) is 28.7 Å². The number of amides is 1. The van der Waals surface area contributed by atoms with Gasteiger partial charge in [-0.3, -0.25) is 4.79 Å². The Balaban J connectivity index is 1.36. The van der Waals surface area contributed by atoms with E-state index in [2.05, 4.69) is 30.6 Å². The van der Waals surface area contributed by atoms with E-state index in [1.54, 1.807) is 18.7 Å². The van der Waals surface area contributed by atoms with Gasteiger partial charge in [-0.15, -0.1) is 0 Å². The van der Waals surface area contributed by atoms with Crippen LogP contribution in [0.4, 0.5) is 26.4 Å². The van der Waals surface area contributed by atoms with Crippen LogP contribution in [0.2, 0.25) is 0 Å². The molecule has 0 radical (unpaired) electrons. The molecule has 0 aliphatic rings. The molecule has 0 aliphatic heterocycles. The van der Waals surface area contributed by atoms with Gasteiger partial charge in [0.1, 0.15) is 5.82 Å². The van der Waals surface area contributed by atoms with Crippen molar-refractivity contribution in [2.75, 3.05) is 10.6 Å². The predicted octanol–water partition coefficient (Wildman–Crippen LogP) is 4.31. The number of imidazole rings is 1. The molecule has 168 valence electrons. The molecule has 1 amide bonds. The second-order valence-electron chi connectivity index (χ2n) is 7.58. The Kier molecular flexibility index (Phi) is 6.07. The van der Waals surface area contributed by atoms with Gasteiger partial charge in [0.05, 0.1) is 12.7 Å². The largest absolute Gasteiger partial charge is 0.338 e. The van der Waals surface area contributed by atoms with Crippen LogP contribution < -0.4 is 10.6 Å². The summed E-state index contributed by atoms with van der Waals surface area (Å²) in [6.07, 6.45) is 8.21. The van der Waals surface area contributed by atoms with Crippen LogP contribution in [0, 0.1) is 0 Å².